The molecule has 0 amide bonds. The molecule has 744 valence electrons. The summed E-state index contributed by atoms with van der Waals surface area (Å²) >= 11 is 13.2. The van der Waals surface area contributed by atoms with Crippen LogP contribution in [-0.2, 0) is 35.1 Å². The second-order valence-corrected chi connectivity index (χ2v) is 43.4. The Balaban J connectivity index is 0.000000199. The van der Waals surface area contributed by atoms with Gasteiger partial charge in [0, 0.05) is 56.9 Å². The van der Waals surface area contributed by atoms with Gasteiger partial charge in [-0.3, -0.25) is 0 Å². The molecule has 2 saturated heterocycles. The summed E-state index contributed by atoms with van der Waals surface area (Å²) in [5.41, 5.74) is 7.87. The number of alkyl halides is 18. The molecule has 8 aromatic rings. The predicted octanol–water partition coefficient (Wildman–Crippen LogP) is 36.4. The lowest BCUT2D eigenvalue weighted by Crippen LogP contribution is -2.75. The quantitative estimate of drug-likeness (QED) is 0.0217. The second-order valence-electron chi connectivity index (χ2n) is 39.7. The van der Waals surface area contributed by atoms with E-state index >= 15 is 13.2 Å². The van der Waals surface area contributed by atoms with Crippen molar-refractivity contribution in [2.75, 3.05) is 4.90 Å². The normalized spacial score (nSPS) is 17.3. The Labute approximate surface area is 826 Å². The summed E-state index contributed by atoms with van der Waals surface area (Å²) in [6.07, 6.45) is 30.9. The van der Waals surface area contributed by atoms with Crippen LogP contribution in [0.25, 0.3) is 33.4 Å². The summed E-state index contributed by atoms with van der Waals surface area (Å²) in [6.45, 7) is 30.5. The molecule has 136 heavy (non-hydrogen) atoms. The van der Waals surface area contributed by atoms with E-state index in [1.54, 1.807) is 33.4 Å². The van der Waals surface area contributed by atoms with Gasteiger partial charge in [0.1, 0.15) is 0 Å². The maximum Gasteiger partial charge on any atom is 0.494 e. The molecule has 0 saturated carbocycles. The monoisotopic (exact) mass is 2170 g/mol. The summed E-state index contributed by atoms with van der Waals surface area (Å²) in [6, 6.07) is 50.2. The van der Waals surface area contributed by atoms with Gasteiger partial charge in [0.2, 0.25) is 5.67 Å². The summed E-state index contributed by atoms with van der Waals surface area (Å²) < 4.78 is 278. The third-order valence-electron chi connectivity index (χ3n) is 29.4. The maximum atomic E-state index is 16.3. The van der Waals surface area contributed by atoms with Gasteiger partial charge in [0.05, 0.1) is 22.4 Å². The molecule has 2 fully saturated rings. The summed E-state index contributed by atoms with van der Waals surface area (Å²) in [5, 5.41) is 0. The number of rotatable bonds is 42. The zero-order chi connectivity index (χ0) is 100. The molecule has 1 unspecified atom stereocenters. The molecule has 0 spiro atoms. The topological polar surface area (TPSA) is 40.2 Å². The SMILES string of the molecule is CCC(C)c1ccc(N(c2ccc(B3OC(C)(C)C(C)(C)O3)cc2)c2ccc(B3OC(C)(C)C(C)(C)O3)cc2)cc1.CCCCCCCCC1(CCCCCCCC)c2cc(Br)ccc2-c2cc3c(cc21)-c1ccc(Br)cc1C3(CCCCCCCC)CCCCCCCC.FC(F)(F)C(F)(F)C(F)(F)C(F)(F)C(F)(F)C(F)(F)C(F)(F)C(F)(F)C1(F)c2cc(Br)ccc2-c2ccc(Br)cc21. The lowest BCUT2D eigenvalue weighted by atomic mass is 9.68. The molecule has 2 heterocycles. The number of unbranched alkanes of at least 4 members (excludes halogenated alkanes) is 20. The summed E-state index contributed by atoms with van der Waals surface area (Å²) in [7, 11) is -0.784. The van der Waals surface area contributed by atoms with Gasteiger partial charge in [-0.25, -0.2) is 4.39 Å². The van der Waals surface area contributed by atoms with Crippen LogP contribution in [0.2, 0.25) is 0 Å². The van der Waals surface area contributed by atoms with Crippen molar-refractivity contribution in [2.24, 2.45) is 0 Å². The lowest BCUT2D eigenvalue weighted by molar-refractivity contribution is -0.465. The standard InChI is InChI=1S/C52H76Br2.C34H45B2NO4.C21H6Br2F18/c1-5-9-13-17-21-25-33-51(34-26-22-18-14-10-6-2)47-37-41(53)29-31-43(47)45-40-50-46(39-49(45)51)44-32-30-42(54)38-48(44)52(50,35-27-23-19-15-11-7-3)36-28-24-20-16-12-8-4;1-11-24(2)25-12-18-28(19-13-25)37(29-20-14-26(15-21-29)35-38-31(3,4)32(5,6)39-35)30-22-16-27(17-23-30)36-40-33(7,8)34(9,10)41-36;22-7-1-3-9-10-4-2-8(23)6-12(10)13(24,11(9)5-7)14(25,26)15(27,28)16(29,30)17(31,32)18(33,34)19(35,36)20(37,38)21(39,40)41/h29-32,37-40H,5-28,33-36H2,1-4H3;12-24H,11H2,1-10H3;1-6H. The van der Waals surface area contributed by atoms with E-state index in [0.29, 0.717) is 5.92 Å². The Morgan fingerprint density at radius 2 is 0.537 bits per heavy atom. The molecule has 8 aromatic carbocycles. The molecule has 5 nitrogen and oxygen atoms in total. The average molecular weight is 2170 g/mol. The van der Waals surface area contributed by atoms with Crippen molar-refractivity contribution in [1.29, 1.82) is 0 Å². The van der Waals surface area contributed by atoms with Crippen LogP contribution in [0, 0.1) is 0 Å². The zero-order valence-electron chi connectivity index (χ0n) is 80.1. The van der Waals surface area contributed by atoms with Gasteiger partial charge in [-0.15, -0.1) is 0 Å². The number of halogens is 22. The van der Waals surface area contributed by atoms with Gasteiger partial charge in [0.25, 0.3) is 0 Å². The second kappa shape index (κ2) is 43.4. The molecule has 0 aromatic heterocycles. The van der Waals surface area contributed by atoms with Crippen molar-refractivity contribution < 1.29 is 97.6 Å². The molecule has 2 aliphatic heterocycles. The first-order valence-electron chi connectivity index (χ1n) is 48.2. The van der Waals surface area contributed by atoms with Crippen LogP contribution in [0.4, 0.5) is 96.1 Å². The number of nitrogens with zero attached hydrogens (tertiary/aromatic N) is 1. The Bertz CT molecular complexity index is 5050. The van der Waals surface area contributed by atoms with Crippen LogP contribution in [0.1, 0.15) is 328 Å². The molecular formula is C107H127B2Br4F18NO4. The lowest BCUT2D eigenvalue weighted by Gasteiger charge is -2.45. The summed E-state index contributed by atoms with van der Waals surface area (Å²) in [4.78, 5) is 2.28. The fraction of sp³-hybridized carbons (Fsp3) is 0.551. The van der Waals surface area contributed by atoms with E-state index in [1.807, 2.05) is 0 Å². The number of anilines is 3. The minimum Gasteiger partial charge on any atom is -0.399 e. The Kier molecular flexibility index (Phi) is 35.3. The van der Waals surface area contributed by atoms with E-state index in [0.717, 1.165) is 58.7 Å². The van der Waals surface area contributed by atoms with Gasteiger partial charge >= 0.3 is 61.9 Å². The Hall–Kier alpha value is -5.81. The van der Waals surface area contributed by atoms with Crippen molar-refractivity contribution in [2.45, 2.75) is 376 Å². The fourth-order valence-corrected chi connectivity index (χ4v) is 21.1. The fourth-order valence-electron chi connectivity index (χ4n) is 19.7. The van der Waals surface area contributed by atoms with Crippen molar-refractivity contribution in [1.82, 2.24) is 0 Å². The van der Waals surface area contributed by atoms with E-state index in [9.17, 15) is 65.9 Å². The van der Waals surface area contributed by atoms with E-state index in [1.165, 1.54) is 205 Å². The number of hydrogen-bond donors (Lipinski definition) is 0. The molecule has 29 heteroatoms. The highest BCUT2D eigenvalue weighted by atomic mass is 79.9. The van der Waals surface area contributed by atoms with Crippen LogP contribution in [-0.4, -0.2) is 84.3 Å². The number of hydrogen-bond acceptors (Lipinski definition) is 5. The van der Waals surface area contributed by atoms with E-state index in [2.05, 4.69) is 287 Å². The molecular weight excluding hydrogens is 2050 g/mol. The van der Waals surface area contributed by atoms with Crippen molar-refractivity contribution in [3.63, 3.8) is 0 Å². The van der Waals surface area contributed by atoms with Crippen molar-refractivity contribution in [3.05, 3.63) is 215 Å². The smallest absolute Gasteiger partial charge is 0.399 e. The molecule has 5 aliphatic rings. The third kappa shape index (κ3) is 21.3. The molecule has 3 aliphatic carbocycles. The highest BCUT2D eigenvalue weighted by Gasteiger charge is 2.97. The first-order chi connectivity index (χ1) is 63.6. The van der Waals surface area contributed by atoms with E-state index < -0.39 is 98.7 Å². The highest BCUT2D eigenvalue weighted by molar-refractivity contribution is 9.11. The van der Waals surface area contributed by atoms with Gasteiger partial charge < -0.3 is 23.5 Å². The van der Waals surface area contributed by atoms with E-state index in [4.69, 9.17) is 18.6 Å². The van der Waals surface area contributed by atoms with Gasteiger partial charge in [0.15, 0.2) is 0 Å². The van der Waals surface area contributed by atoms with Crippen LogP contribution < -0.4 is 15.8 Å². The van der Waals surface area contributed by atoms with Crippen molar-refractivity contribution in [3.8, 4) is 33.4 Å². The van der Waals surface area contributed by atoms with Crippen LogP contribution >= 0.6 is 63.7 Å². The first-order valence-corrected chi connectivity index (χ1v) is 51.4. The largest absolute Gasteiger partial charge is 0.494 e. The molecule has 13 rings (SSSR count). The first kappa shape index (κ1) is 111. The Morgan fingerprint density at radius 3 is 0.816 bits per heavy atom. The number of benzene rings is 8. The molecule has 0 radical (unpaired) electrons. The maximum absolute atomic E-state index is 16.3. The average Bonchev–Trinajstić information content (AvgIpc) is 1.49. The Morgan fingerprint density at radius 1 is 0.294 bits per heavy atom. The molecule has 1 atom stereocenters. The van der Waals surface area contributed by atoms with Gasteiger partial charge in [-0.2, -0.15) is 74.6 Å². The van der Waals surface area contributed by atoms with Crippen LogP contribution in [0.5, 0.6) is 0 Å². The predicted molar refractivity (Wildman–Crippen MR) is 527 cm³/mol. The van der Waals surface area contributed by atoms with Gasteiger partial charge in [-0.05, 0) is 263 Å². The van der Waals surface area contributed by atoms with Crippen LogP contribution in [0.15, 0.2) is 176 Å². The van der Waals surface area contributed by atoms with E-state index in [-0.39, 0.29) is 45.4 Å². The minimum absolute atomic E-state index is 0.0956. The third-order valence-corrected chi connectivity index (χ3v) is 31.4. The molecule has 0 N–H and O–H groups in total. The van der Waals surface area contributed by atoms with Crippen molar-refractivity contribution >= 4 is 106 Å². The summed E-state index contributed by atoms with van der Waals surface area (Å²) in [5.74, 6) is -58.2. The minimum atomic E-state index is -8.81. The zero-order valence-corrected chi connectivity index (χ0v) is 86.5. The van der Waals surface area contributed by atoms with Gasteiger partial charge in [-0.1, -0.05) is 320 Å². The number of fused-ring (bicyclic) bond motifs is 9. The molecule has 0 bridgehead atoms. The van der Waals surface area contributed by atoms with Crippen LogP contribution in [0.3, 0.4) is 0 Å². The highest BCUT2D eigenvalue weighted by Crippen LogP contribution is 2.70.